The van der Waals surface area contributed by atoms with Crippen molar-refractivity contribution >= 4 is 50.7 Å². The minimum absolute atomic E-state index is 0.0906. The van der Waals surface area contributed by atoms with Gasteiger partial charge in [-0.05, 0) is 48.5 Å². The number of nitrogens with zero attached hydrogens (tertiary/aromatic N) is 1. The van der Waals surface area contributed by atoms with Crippen molar-refractivity contribution in [3.63, 3.8) is 0 Å². The maximum Gasteiger partial charge on any atom is 0.294 e. The molecule has 1 aliphatic heterocycles. The molecule has 2 heterocycles. The van der Waals surface area contributed by atoms with Crippen LogP contribution in [0.3, 0.4) is 0 Å². The molecular weight excluding hydrogens is 438 g/mol. The van der Waals surface area contributed by atoms with E-state index in [-0.39, 0.29) is 18.1 Å². The van der Waals surface area contributed by atoms with Crippen LogP contribution in [0.2, 0.25) is 0 Å². The summed E-state index contributed by atoms with van der Waals surface area (Å²) < 4.78 is 6.11. The predicted octanol–water partition coefficient (Wildman–Crippen LogP) is 4.04. The minimum Gasteiger partial charge on any atom is -0.459 e. The lowest BCUT2D eigenvalue weighted by atomic mass is 10.0. The van der Waals surface area contributed by atoms with Crippen molar-refractivity contribution < 1.29 is 18.8 Å². The number of hydrogen-bond donors (Lipinski definition) is 2. The van der Waals surface area contributed by atoms with Crippen molar-refractivity contribution in [3.05, 3.63) is 77.2 Å². The Bertz CT molecular complexity index is 1060. The zero-order chi connectivity index (χ0) is 20.4. The second-order valence-electron chi connectivity index (χ2n) is 6.43. The molecule has 1 atom stereocenters. The van der Waals surface area contributed by atoms with E-state index in [0.29, 0.717) is 17.1 Å². The maximum atomic E-state index is 13.1. The van der Waals surface area contributed by atoms with E-state index in [0.717, 1.165) is 4.47 Å². The van der Waals surface area contributed by atoms with Gasteiger partial charge in [-0.2, -0.15) is 0 Å². The van der Waals surface area contributed by atoms with Crippen LogP contribution in [0.1, 0.15) is 17.0 Å². The first-order valence-corrected chi connectivity index (χ1v) is 9.64. The van der Waals surface area contributed by atoms with Gasteiger partial charge in [-0.15, -0.1) is 0 Å². The highest BCUT2D eigenvalue weighted by molar-refractivity contribution is 9.10. The third kappa shape index (κ3) is 3.93. The van der Waals surface area contributed by atoms with Crippen molar-refractivity contribution in [2.45, 2.75) is 12.5 Å². The molecule has 0 unspecified atom stereocenters. The first kappa shape index (κ1) is 18.9. The average Bonchev–Trinajstić information content (AvgIpc) is 3.25. The number of amides is 3. The second-order valence-corrected chi connectivity index (χ2v) is 7.35. The number of fused-ring (bicyclic) bond motifs is 1. The highest BCUT2D eigenvalue weighted by atomic mass is 79.9. The van der Waals surface area contributed by atoms with Crippen LogP contribution in [0, 0.1) is 0 Å². The van der Waals surface area contributed by atoms with Crippen molar-refractivity contribution in [2.75, 3.05) is 15.5 Å². The van der Waals surface area contributed by atoms with E-state index in [2.05, 4.69) is 26.6 Å². The Morgan fingerprint density at radius 2 is 1.83 bits per heavy atom. The van der Waals surface area contributed by atoms with Gasteiger partial charge in [0, 0.05) is 10.2 Å². The third-order valence-corrected chi connectivity index (χ3v) is 5.02. The molecule has 4 rings (SSSR count). The van der Waals surface area contributed by atoms with E-state index in [1.165, 1.54) is 17.2 Å². The SMILES string of the molecule is O=C(C[C@H]1C(=O)Nc2ccccc2N1C(=O)c1ccco1)Nc1ccc(Br)cc1. The molecule has 0 radical (unpaired) electrons. The zero-order valence-electron chi connectivity index (χ0n) is 15.1. The Labute approximate surface area is 174 Å². The molecule has 0 bridgehead atoms. The minimum atomic E-state index is -1.02. The van der Waals surface area contributed by atoms with Gasteiger partial charge in [0.2, 0.25) is 11.8 Å². The highest BCUT2D eigenvalue weighted by Gasteiger charge is 2.39. The number of hydrogen-bond acceptors (Lipinski definition) is 4. The van der Waals surface area contributed by atoms with Gasteiger partial charge in [-0.25, -0.2) is 0 Å². The van der Waals surface area contributed by atoms with Gasteiger partial charge in [0.1, 0.15) is 6.04 Å². The monoisotopic (exact) mass is 453 g/mol. The van der Waals surface area contributed by atoms with Crippen LogP contribution in [0.25, 0.3) is 0 Å². The summed E-state index contributed by atoms with van der Waals surface area (Å²) in [6, 6.07) is 16.1. The van der Waals surface area contributed by atoms with Crippen LogP contribution in [0.15, 0.2) is 75.8 Å². The first-order valence-electron chi connectivity index (χ1n) is 8.85. The first-order chi connectivity index (χ1) is 14.0. The molecular formula is C21H16BrN3O4. The molecule has 3 amide bonds. The number of furan rings is 1. The Kier molecular flexibility index (Phi) is 5.18. The summed E-state index contributed by atoms with van der Waals surface area (Å²) in [6.07, 6.45) is 1.18. The molecule has 146 valence electrons. The lowest BCUT2D eigenvalue weighted by Gasteiger charge is -2.35. The van der Waals surface area contributed by atoms with Gasteiger partial charge < -0.3 is 15.1 Å². The van der Waals surface area contributed by atoms with Gasteiger partial charge >= 0.3 is 0 Å². The maximum absolute atomic E-state index is 13.1. The number of halogens is 1. The summed E-state index contributed by atoms with van der Waals surface area (Å²) >= 11 is 3.34. The molecule has 2 N–H and O–H groups in total. The number of para-hydroxylation sites is 2. The van der Waals surface area contributed by atoms with Crippen molar-refractivity contribution in [3.8, 4) is 0 Å². The van der Waals surface area contributed by atoms with Crippen LogP contribution in [0.5, 0.6) is 0 Å². The molecule has 2 aromatic carbocycles. The third-order valence-electron chi connectivity index (χ3n) is 4.49. The van der Waals surface area contributed by atoms with Crippen molar-refractivity contribution in [1.29, 1.82) is 0 Å². The van der Waals surface area contributed by atoms with E-state index in [1.807, 2.05) is 0 Å². The summed E-state index contributed by atoms with van der Waals surface area (Å²) in [7, 11) is 0. The quantitative estimate of drug-likeness (QED) is 0.623. The van der Waals surface area contributed by atoms with Crippen LogP contribution < -0.4 is 15.5 Å². The summed E-state index contributed by atoms with van der Waals surface area (Å²) in [5, 5.41) is 5.52. The lowest BCUT2D eigenvalue weighted by molar-refractivity contribution is -0.122. The Balaban J connectivity index is 1.62. The van der Waals surface area contributed by atoms with Crippen LogP contribution in [0.4, 0.5) is 17.1 Å². The van der Waals surface area contributed by atoms with Gasteiger partial charge in [0.25, 0.3) is 5.91 Å². The van der Waals surface area contributed by atoms with Crippen LogP contribution in [-0.4, -0.2) is 23.8 Å². The molecule has 3 aromatic rings. The largest absolute Gasteiger partial charge is 0.459 e. The normalized spacial score (nSPS) is 15.4. The molecule has 0 saturated heterocycles. The average molecular weight is 454 g/mol. The zero-order valence-corrected chi connectivity index (χ0v) is 16.7. The van der Waals surface area contributed by atoms with Crippen LogP contribution >= 0.6 is 15.9 Å². The Morgan fingerprint density at radius 1 is 1.07 bits per heavy atom. The molecule has 0 fully saturated rings. The number of carbonyl (C=O) groups is 3. The standard InChI is InChI=1S/C21H16BrN3O4/c22-13-7-9-14(10-8-13)23-19(26)12-17-20(27)24-15-4-1-2-5-16(15)25(17)21(28)18-6-3-11-29-18/h1-11,17H,12H2,(H,23,26)(H,24,27)/t17-/m0/s1. The molecule has 8 heteroatoms. The fourth-order valence-electron chi connectivity index (χ4n) is 3.17. The fourth-order valence-corrected chi connectivity index (χ4v) is 3.43. The number of carbonyl (C=O) groups excluding carboxylic acids is 3. The Hall–Kier alpha value is -3.39. The topological polar surface area (TPSA) is 91.7 Å². The molecule has 0 spiro atoms. The second kappa shape index (κ2) is 7.92. The lowest BCUT2D eigenvalue weighted by Crippen LogP contribution is -2.52. The Morgan fingerprint density at radius 3 is 2.55 bits per heavy atom. The summed E-state index contributed by atoms with van der Waals surface area (Å²) in [4.78, 5) is 39.8. The predicted molar refractivity (Wildman–Crippen MR) is 112 cm³/mol. The van der Waals surface area contributed by atoms with Crippen molar-refractivity contribution in [2.24, 2.45) is 0 Å². The van der Waals surface area contributed by atoms with Gasteiger partial charge in [0.15, 0.2) is 5.76 Å². The number of benzene rings is 2. The van der Waals surface area contributed by atoms with E-state index in [4.69, 9.17) is 4.42 Å². The molecule has 1 aliphatic rings. The van der Waals surface area contributed by atoms with Gasteiger partial charge in [-0.1, -0.05) is 28.1 Å². The molecule has 29 heavy (non-hydrogen) atoms. The van der Waals surface area contributed by atoms with E-state index in [1.54, 1.807) is 54.6 Å². The number of rotatable bonds is 4. The van der Waals surface area contributed by atoms with Crippen LogP contribution in [-0.2, 0) is 9.59 Å². The number of nitrogens with one attached hydrogen (secondary N) is 2. The molecule has 1 aromatic heterocycles. The summed E-state index contributed by atoms with van der Waals surface area (Å²) in [6.45, 7) is 0. The van der Waals surface area contributed by atoms with E-state index >= 15 is 0 Å². The summed E-state index contributed by atoms with van der Waals surface area (Å²) in [5.74, 6) is -1.22. The number of anilines is 3. The van der Waals surface area contributed by atoms with E-state index in [9.17, 15) is 14.4 Å². The van der Waals surface area contributed by atoms with E-state index < -0.39 is 17.9 Å². The smallest absolute Gasteiger partial charge is 0.294 e. The van der Waals surface area contributed by atoms with Gasteiger partial charge in [-0.3, -0.25) is 19.3 Å². The molecule has 7 nitrogen and oxygen atoms in total. The van der Waals surface area contributed by atoms with Crippen molar-refractivity contribution in [1.82, 2.24) is 0 Å². The highest BCUT2D eigenvalue weighted by Crippen LogP contribution is 2.34. The van der Waals surface area contributed by atoms with Gasteiger partial charge in [0.05, 0.1) is 24.1 Å². The fraction of sp³-hybridized carbons (Fsp3) is 0.0952. The summed E-state index contributed by atoms with van der Waals surface area (Å²) in [5.41, 5.74) is 1.61. The molecule has 0 aliphatic carbocycles. The molecule has 0 saturated carbocycles.